The number of amides is 3. The van der Waals surface area contributed by atoms with E-state index in [1.807, 2.05) is 12.2 Å². The summed E-state index contributed by atoms with van der Waals surface area (Å²) >= 11 is 12.2. The number of carbonyl (C=O) groups is 4. The zero-order valence-corrected chi connectivity index (χ0v) is 19.6. The second kappa shape index (κ2) is 8.56. The maximum Gasteiger partial charge on any atom is 0.274 e. The van der Waals surface area contributed by atoms with Gasteiger partial charge in [0, 0.05) is 10.6 Å². The van der Waals surface area contributed by atoms with Gasteiger partial charge >= 0.3 is 0 Å². The summed E-state index contributed by atoms with van der Waals surface area (Å²) in [5.41, 5.74) is 0.309. The highest BCUT2D eigenvalue weighted by atomic mass is 35.5. The third-order valence-corrected chi connectivity index (χ3v) is 7.32. The van der Waals surface area contributed by atoms with Gasteiger partial charge in [0.15, 0.2) is 5.78 Å². The highest BCUT2D eigenvalue weighted by Gasteiger charge is 2.61. The van der Waals surface area contributed by atoms with E-state index >= 15 is 0 Å². The number of Topliss-reactive ketones (excluding diaryl/α,β-unsaturated/α-hetero) is 1. The SMILES string of the molecule is COc1cccc(C(=O)CN(C(=O)c2ccc(Cl)cc2Cl)N2C(=O)[C@@H]3[C@@H](C2=O)[C@H]2C=C[C@H]3C2)c1. The third-order valence-electron chi connectivity index (χ3n) is 6.77. The fraction of sp³-hybridized carbons (Fsp3) is 0.280. The first kappa shape index (κ1) is 22.6. The third kappa shape index (κ3) is 3.60. The molecule has 0 N–H and O–H groups in total. The van der Waals surface area contributed by atoms with Crippen LogP contribution in [0.1, 0.15) is 27.1 Å². The molecule has 3 amide bonds. The Morgan fingerprint density at radius 1 is 1.03 bits per heavy atom. The molecule has 0 spiro atoms. The van der Waals surface area contributed by atoms with Gasteiger partial charge in [0.2, 0.25) is 0 Å². The molecule has 3 aliphatic rings. The van der Waals surface area contributed by atoms with Crippen molar-refractivity contribution in [3.63, 3.8) is 0 Å². The minimum Gasteiger partial charge on any atom is -0.497 e. The van der Waals surface area contributed by atoms with Crippen molar-refractivity contribution in [2.75, 3.05) is 13.7 Å². The zero-order valence-electron chi connectivity index (χ0n) is 18.1. The number of imide groups is 1. The van der Waals surface area contributed by atoms with Crippen molar-refractivity contribution in [2.45, 2.75) is 6.42 Å². The molecule has 2 fully saturated rings. The number of hydrogen-bond acceptors (Lipinski definition) is 5. The number of carbonyl (C=O) groups excluding carboxylic acids is 4. The molecule has 1 heterocycles. The van der Waals surface area contributed by atoms with E-state index < -0.39 is 41.9 Å². The van der Waals surface area contributed by atoms with Crippen molar-refractivity contribution in [1.29, 1.82) is 0 Å². The number of fused-ring (bicyclic) bond motifs is 5. The molecule has 4 atom stereocenters. The quantitative estimate of drug-likeness (QED) is 0.340. The summed E-state index contributed by atoms with van der Waals surface area (Å²) in [6.45, 7) is -0.523. The molecule has 2 aliphatic carbocycles. The number of nitrogens with zero attached hydrogens (tertiary/aromatic N) is 2. The Labute approximate surface area is 205 Å². The van der Waals surface area contributed by atoms with Crippen molar-refractivity contribution in [2.24, 2.45) is 23.7 Å². The Balaban J connectivity index is 1.52. The van der Waals surface area contributed by atoms with E-state index in [-0.39, 0.29) is 28.0 Å². The molecule has 0 radical (unpaired) electrons. The molecule has 1 aliphatic heterocycles. The van der Waals surface area contributed by atoms with Gasteiger partial charge in [-0.25, -0.2) is 5.01 Å². The molecule has 0 unspecified atom stereocenters. The molecule has 2 aromatic rings. The molecule has 7 nitrogen and oxygen atoms in total. The lowest BCUT2D eigenvalue weighted by Crippen LogP contribution is -2.52. The number of allylic oxidation sites excluding steroid dienone is 2. The number of hydrazine groups is 1. The minimum atomic E-state index is -0.736. The molecule has 2 aromatic carbocycles. The fourth-order valence-corrected chi connectivity index (χ4v) is 5.67. The van der Waals surface area contributed by atoms with Crippen LogP contribution in [-0.4, -0.2) is 47.2 Å². The molecule has 2 bridgehead atoms. The van der Waals surface area contributed by atoms with Gasteiger partial charge < -0.3 is 4.74 Å². The number of benzene rings is 2. The van der Waals surface area contributed by atoms with Crippen molar-refractivity contribution >= 4 is 46.7 Å². The molecule has 0 aromatic heterocycles. The Kier molecular flexibility index (Phi) is 5.70. The average molecular weight is 499 g/mol. The van der Waals surface area contributed by atoms with E-state index in [4.69, 9.17) is 27.9 Å². The van der Waals surface area contributed by atoms with Crippen molar-refractivity contribution in [3.8, 4) is 5.75 Å². The van der Waals surface area contributed by atoms with Crippen LogP contribution in [0.4, 0.5) is 0 Å². The number of ketones is 1. The highest BCUT2D eigenvalue weighted by Crippen LogP contribution is 2.52. The Morgan fingerprint density at radius 2 is 1.71 bits per heavy atom. The molecule has 1 saturated heterocycles. The van der Waals surface area contributed by atoms with Crippen molar-refractivity contribution in [1.82, 2.24) is 10.0 Å². The molecular formula is C25H20Cl2N2O5. The zero-order chi connectivity index (χ0) is 24.1. The first-order valence-electron chi connectivity index (χ1n) is 10.8. The van der Waals surface area contributed by atoms with Gasteiger partial charge in [-0.15, -0.1) is 0 Å². The van der Waals surface area contributed by atoms with Crippen LogP contribution in [0.25, 0.3) is 0 Å². The summed E-state index contributed by atoms with van der Waals surface area (Å²) in [6, 6.07) is 10.7. The maximum atomic E-state index is 13.6. The largest absolute Gasteiger partial charge is 0.497 e. The normalized spacial score (nSPS) is 24.5. The molecule has 1 saturated carbocycles. The lowest BCUT2D eigenvalue weighted by molar-refractivity contribution is -0.154. The molecule has 34 heavy (non-hydrogen) atoms. The van der Waals surface area contributed by atoms with Crippen LogP contribution in [0.15, 0.2) is 54.6 Å². The van der Waals surface area contributed by atoms with Crippen LogP contribution in [0.2, 0.25) is 10.0 Å². The van der Waals surface area contributed by atoms with Crippen LogP contribution in [0, 0.1) is 23.7 Å². The average Bonchev–Trinajstić information content (AvgIpc) is 3.51. The number of methoxy groups -OCH3 is 1. The number of hydrogen-bond donors (Lipinski definition) is 0. The van der Waals surface area contributed by atoms with Crippen LogP contribution in [0.3, 0.4) is 0 Å². The molecule has 174 valence electrons. The van der Waals surface area contributed by atoms with Crippen LogP contribution >= 0.6 is 23.2 Å². The maximum absolute atomic E-state index is 13.6. The summed E-state index contributed by atoms with van der Waals surface area (Å²) in [6.07, 6.45) is 4.68. The van der Waals surface area contributed by atoms with Gasteiger partial charge in [0.05, 0.1) is 29.5 Å². The van der Waals surface area contributed by atoms with Gasteiger partial charge in [0.25, 0.3) is 17.7 Å². The van der Waals surface area contributed by atoms with E-state index in [9.17, 15) is 19.2 Å². The first-order valence-corrected chi connectivity index (χ1v) is 11.6. The molecule has 9 heteroatoms. The van der Waals surface area contributed by atoms with Crippen LogP contribution in [-0.2, 0) is 9.59 Å². The summed E-state index contributed by atoms with van der Waals surface area (Å²) in [4.78, 5) is 53.6. The Bertz CT molecular complexity index is 1230. The van der Waals surface area contributed by atoms with Gasteiger partial charge in [-0.2, -0.15) is 5.01 Å². The van der Waals surface area contributed by atoms with Gasteiger partial charge in [-0.1, -0.05) is 47.5 Å². The summed E-state index contributed by atoms with van der Waals surface area (Å²) in [5.74, 6) is -2.79. The van der Waals surface area contributed by atoms with Crippen LogP contribution in [0.5, 0.6) is 5.75 Å². The summed E-state index contributed by atoms with van der Waals surface area (Å²) in [5, 5.41) is 2.15. The van der Waals surface area contributed by atoms with Crippen molar-refractivity contribution < 1.29 is 23.9 Å². The molecule has 5 rings (SSSR count). The summed E-state index contributed by atoms with van der Waals surface area (Å²) in [7, 11) is 1.48. The number of rotatable bonds is 6. The van der Waals surface area contributed by atoms with Crippen LogP contribution < -0.4 is 4.74 Å². The van der Waals surface area contributed by atoms with Gasteiger partial charge in [0.1, 0.15) is 12.3 Å². The highest BCUT2D eigenvalue weighted by molar-refractivity contribution is 6.36. The lowest BCUT2D eigenvalue weighted by atomic mass is 9.85. The Morgan fingerprint density at radius 3 is 2.32 bits per heavy atom. The first-order chi connectivity index (χ1) is 16.3. The number of halogens is 2. The predicted octanol–water partition coefficient (Wildman–Crippen LogP) is 4.05. The lowest BCUT2D eigenvalue weighted by Gasteiger charge is -2.31. The minimum absolute atomic E-state index is 0.0308. The number of ether oxygens (including phenoxy) is 1. The topological polar surface area (TPSA) is 84.0 Å². The van der Waals surface area contributed by atoms with E-state index in [2.05, 4.69) is 0 Å². The second-order valence-electron chi connectivity index (χ2n) is 8.63. The fourth-order valence-electron chi connectivity index (χ4n) is 5.18. The molecular weight excluding hydrogens is 479 g/mol. The van der Waals surface area contributed by atoms with E-state index in [0.29, 0.717) is 10.8 Å². The second-order valence-corrected chi connectivity index (χ2v) is 9.47. The van der Waals surface area contributed by atoms with Crippen molar-refractivity contribution in [3.05, 3.63) is 75.8 Å². The monoisotopic (exact) mass is 498 g/mol. The van der Waals surface area contributed by atoms with Gasteiger partial charge in [-0.05, 0) is 48.6 Å². The summed E-state index contributed by atoms with van der Waals surface area (Å²) < 4.78 is 5.18. The van der Waals surface area contributed by atoms with E-state index in [1.54, 1.807) is 18.2 Å². The smallest absolute Gasteiger partial charge is 0.274 e. The predicted molar refractivity (Wildman–Crippen MR) is 124 cm³/mol. The van der Waals surface area contributed by atoms with Gasteiger partial charge in [-0.3, -0.25) is 19.2 Å². The van der Waals surface area contributed by atoms with E-state index in [0.717, 1.165) is 16.4 Å². The van der Waals surface area contributed by atoms with E-state index in [1.165, 1.54) is 31.4 Å². The Hall–Kier alpha value is -3.16. The standard InChI is InChI=1S/C25H20Cl2N2O5/c1-34-17-4-2-3-13(10-17)20(30)12-28(23(31)18-8-7-16(26)11-19(18)27)29-24(32)21-14-5-6-15(9-14)22(21)25(29)33/h2-8,10-11,14-15,21-22H,9,12H2,1H3/t14-,15-,21-,22-/m0/s1.